The molecule has 12 heteroatoms. The van der Waals surface area contributed by atoms with Crippen molar-refractivity contribution in [3.05, 3.63) is 11.9 Å². The molecule has 0 aliphatic carbocycles. The number of nitrogens with zero attached hydrogens (tertiary/aromatic N) is 5. The van der Waals surface area contributed by atoms with Crippen molar-refractivity contribution in [3.8, 4) is 0 Å². The van der Waals surface area contributed by atoms with Gasteiger partial charge in [0.25, 0.3) is 0 Å². The van der Waals surface area contributed by atoms with E-state index in [0.29, 0.717) is 19.4 Å². The quantitative estimate of drug-likeness (QED) is 0.762. The average Bonchev–Trinajstić information content (AvgIpc) is 3.07. The van der Waals surface area contributed by atoms with Crippen LogP contribution >= 0.6 is 0 Å². The highest BCUT2D eigenvalue weighted by molar-refractivity contribution is 5.85. The maximum atomic E-state index is 12.6. The fourth-order valence-corrected chi connectivity index (χ4v) is 2.94. The molecule has 0 aromatic carbocycles. The summed E-state index contributed by atoms with van der Waals surface area (Å²) in [6.45, 7) is 0.214. The third-order valence-electron chi connectivity index (χ3n) is 4.24. The summed E-state index contributed by atoms with van der Waals surface area (Å²) in [6.07, 6.45) is -2.48. The summed E-state index contributed by atoms with van der Waals surface area (Å²) in [6, 6.07) is 0. The van der Waals surface area contributed by atoms with Crippen LogP contribution < -0.4 is 0 Å². The van der Waals surface area contributed by atoms with Gasteiger partial charge in [0.2, 0.25) is 11.8 Å². The number of hydrogen-bond donors (Lipinski definition) is 1. The van der Waals surface area contributed by atoms with Gasteiger partial charge in [0.05, 0.1) is 12.1 Å². The van der Waals surface area contributed by atoms with E-state index in [2.05, 4.69) is 10.3 Å². The number of piperidine rings is 1. The lowest BCUT2D eigenvalue weighted by molar-refractivity contribution is -0.164. The molecule has 1 aliphatic heterocycles. The van der Waals surface area contributed by atoms with Crippen LogP contribution in [0.3, 0.4) is 0 Å². The van der Waals surface area contributed by atoms with Crippen molar-refractivity contribution in [3.63, 3.8) is 0 Å². The molecule has 2 rings (SSSR count). The van der Waals surface area contributed by atoms with E-state index in [0.717, 1.165) is 15.8 Å². The summed E-state index contributed by atoms with van der Waals surface area (Å²) >= 11 is 0. The zero-order chi connectivity index (χ0) is 20.2. The second-order valence-corrected chi connectivity index (χ2v) is 6.25. The van der Waals surface area contributed by atoms with Crippen LogP contribution in [0.5, 0.6) is 0 Å². The summed E-state index contributed by atoms with van der Waals surface area (Å²) < 4.78 is 38.9. The van der Waals surface area contributed by atoms with Gasteiger partial charge in [-0.3, -0.25) is 9.59 Å². The molecule has 0 radical (unpaired) electrons. The molecule has 1 fully saturated rings. The first-order valence-electron chi connectivity index (χ1n) is 8.37. The van der Waals surface area contributed by atoms with Gasteiger partial charge < -0.3 is 14.9 Å². The number of carbonyl (C=O) groups is 3. The van der Waals surface area contributed by atoms with Gasteiger partial charge in [-0.05, 0) is 19.8 Å². The number of carboxylic acid groups (broad SMARTS) is 1. The largest absolute Gasteiger partial charge is 0.476 e. The molecule has 1 aromatic heterocycles. The molecule has 0 spiro atoms. The number of rotatable bonds is 6. The molecule has 150 valence electrons. The molecule has 1 unspecified atom stereocenters. The van der Waals surface area contributed by atoms with E-state index < -0.39 is 36.4 Å². The molecular formula is C15H20F3N5O4. The number of halogens is 3. The highest BCUT2D eigenvalue weighted by Gasteiger charge is 2.36. The van der Waals surface area contributed by atoms with E-state index >= 15 is 0 Å². The van der Waals surface area contributed by atoms with Gasteiger partial charge in [-0.25, -0.2) is 9.48 Å². The lowest BCUT2D eigenvalue weighted by Crippen LogP contribution is -2.49. The number of amides is 2. The van der Waals surface area contributed by atoms with Crippen LogP contribution in [0.1, 0.15) is 30.3 Å². The van der Waals surface area contributed by atoms with E-state index in [9.17, 15) is 27.6 Å². The Morgan fingerprint density at radius 2 is 2.07 bits per heavy atom. The Bertz CT molecular complexity index is 706. The topological polar surface area (TPSA) is 109 Å². The molecule has 0 bridgehead atoms. The third kappa shape index (κ3) is 5.66. The standard InChI is InChI=1S/C15H20F3N5O4/c1-2-21(9-15(16,17)18)13(25)10-4-3-5-22(6-10)12(24)8-23-7-11(14(26)27)19-20-23/h7,10H,2-6,8-9H2,1H3,(H,26,27). The molecule has 1 atom stereocenters. The van der Waals surface area contributed by atoms with Crippen LogP contribution in [0, 0.1) is 5.92 Å². The Kier molecular flexibility index (Phi) is 6.39. The maximum Gasteiger partial charge on any atom is 0.406 e. The number of aromatic nitrogens is 3. The Balaban J connectivity index is 1.98. The first kappa shape index (κ1) is 20.6. The Morgan fingerprint density at radius 1 is 1.37 bits per heavy atom. The van der Waals surface area contributed by atoms with Crippen molar-refractivity contribution in [2.24, 2.45) is 5.92 Å². The van der Waals surface area contributed by atoms with Crippen molar-refractivity contribution in [2.75, 3.05) is 26.2 Å². The lowest BCUT2D eigenvalue weighted by atomic mass is 9.96. The van der Waals surface area contributed by atoms with E-state index in [1.807, 2.05) is 0 Å². The van der Waals surface area contributed by atoms with Gasteiger partial charge in [-0.1, -0.05) is 5.21 Å². The van der Waals surface area contributed by atoms with E-state index in [1.54, 1.807) is 0 Å². The zero-order valence-electron chi connectivity index (χ0n) is 14.6. The molecule has 1 N–H and O–H groups in total. The molecule has 0 saturated carbocycles. The van der Waals surface area contributed by atoms with E-state index in [-0.39, 0.29) is 25.3 Å². The number of carboxylic acids is 1. The van der Waals surface area contributed by atoms with Gasteiger partial charge in [0.1, 0.15) is 13.1 Å². The minimum absolute atomic E-state index is 0.0203. The zero-order valence-corrected chi connectivity index (χ0v) is 14.6. The van der Waals surface area contributed by atoms with Crippen LogP contribution in [0.25, 0.3) is 0 Å². The normalized spacial score (nSPS) is 17.6. The first-order valence-corrected chi connectivity index (χ1v) is 8.37. The Hall–Kier alpha value is -2.66. The number of likely N-dealkylation sites (tertiary alicyclic amines) is 1. The smallest absolute Gasteiger partial charge is 0.406 e. The third-order valence-corrected chi connectivity index (χ3v) is 4.24. The highest BCUT2D eigenvalue weighted by Crippen LogP contribution is 2.22. The lowest BCUT2D eigenvalue weighted by Gasteiger charge is -2.35. The predicted octanol–water partition coefficient (Wildman–Crippen LogP) is 0.626. The molecule has 9 nitrogen and oxygen atoms in total. The van der Waals surface area contributed by atoms with Crippen LogP contribution in [0.4, 0.5) is 13.2 Å². The number of hydrogen-bond acceptors (Lipinski definition) is 5. The molecule has 2 heterocycles. The van der Waals surface area contributed by atoms with Crippen molar-refractivity contribution in [2.45, 2.75) is 32.5 Å². The fraction of sp³-hybridized carbons (Fsp3) is 0.667. The van der Waals surface area contributed by atoms with Gasteiger partial charge in [0.15, 0.2) is 5.69 Å². The van der Waals surface area contributed by atoms with Gasteiger partial charge in [0, 0.05) is 19.6 Å². The van der Waals surface area contributed by atoms with Crippen molar-refractivity contribution in [1.29, 1.82) is 0 Å². The molecule has 1 saturated heterocycles. The number of carbonyl (C=O) groups excluding carboxylic acids is 2. The monoisotopic (exact) mass is 391 g/mol. The van der Waals surface area contributed by atoms with Crippen molar-refractivity contribution >= 4 is 17.8 Å². The summed E-state index contributed by atoms with van der Waals surface area (Å²) in [4.78, 5) is 37.7. The Labute approximate surface area is 152 Å². The maximum absolute atomic E-state index is 12.6. The summed E-state index contributed by atoms with van der Waals surface area (Å²) in [5, 5.41) is 15.7. The molecule has 27 heavy (non-hydrogen) atoms. The van der Waals surface area contributed by atoms with Gasteiger partial charge in [-0.15, -0.1) is 5.10 Å². The van der Waals surface area contributed by atoms with E-state index in [1.165, 1.54) is 11.8 Å². The molecular weight excluding hydrogens is 371 g/mol. The molecule has 2 amide bonds. The number of alkyl halides is 3. The van der Waals surface area contributed by atoms with E-state index in [4.69, 9.17) is 5.11 Å². The summed E-state index contributed by atoms with van der Waals surface area (Å²) in [5.74, 6) is -3.01. The van der Waals surface area contributed by atoms with Crippen LogP contribution in [-0.4, -0.2) is 80.0 Å². The van der Waals surface area contributed by atoms with Gasteiger partial charge >= 0.3 is 12.1 Å². The second-order valence-electron chi connectivity index (χ2n) is 6.25. The first-order chi connectivity index (χ1) is 12.6. The predicted molar refractivity (Wildman–Crippen MR) is 84.6 cm³/mol. The van der Waals surface area contributed by atoms with Gasteiger partial charge in [-0.2, -0.15) is 13.2 Å². The van der Waals surface area contributed by atoms with Crippen LogP contribution in [0.2, 0.25) is 0 Å². The fourth-order valence-electron chi connectivity index (χ4n) is 2.94. The summed E-state index contributed by atoms with van der Waals surface area (Å²) in [5.41, 5.74) is -0.305. The van der Waals surface area contributed by atoms with Crippen molar-refractivity contribution in [1.82, 2.24) is 24.8 Å². The molecule has 1 aliphatic rings. The minimum atomic E-state index is -4.48. The average molecular weight is 391 g/mol. The molecule has 1 aromatic rings. The minimum Gasteiger partial charge on any atom is -0.476 e. The number of aromatic carboxylic acids is 1. The van der Waals surface area contributed by atoms with Crippen molar-refractivity contribution < 1.29 is 32.7 Å². The van der Waals surface area contributed by atoms with Crippen LogP contribution in [-0.2, 0) is 16.1 Å². The van der Waals surface area contributed by atoms with Crippen LogP contribution in [0.15, 0.2) is 6.20 Å². The summed E-state index contributed by atoms with van der Waals surface area (Å²) in [7, 11) is 0. The SMILES string of the molecule is CCN(CC(F)(F)F)C(=O)C1CCCN(C(=O)Cn2cc(C(=O)O)nn2)C1. The highest BCUT2D eigenvalue weighted by atomic mass is 19.4. The Morgan fingerprint density at radius 3 is 2.63 bits per heavy atom. The second kappa shape index (κ2) is 8.35.